The van der Waals surface area contributed by atoms with E-state index < -0.39 is 0 Å². The van der Waals surface area contributed by atoms with Crippen LogP contribution in [0.15, 0.2) is 30.3 Å². The van der Waals surface area contributed by atoms with Crippen LogP contribution >= 0.6 is 0 Å². The van der Waals surface area contributed by atoms with Crippen molar-refractivity contribution in [3.8, 4) is 0 Å². The van der Waals surface area contributed by atoms with Crippen molar-refractivity contribution in [3.63, 3.8) is 0 Å². The smallest absolute Gasteiger partial charge is 0.226 e. The number of amides is 1. The molecule has 0 radical (unpaired) electrons. The van der Waals surface area contributed by atoms with E-state index in [2.05, 4.69) is 54.4 Å². The highest BCUT2D eigenvalue weighted by Crippen LogP contribution is 2.63. The second-order valence-corrected chi connectivity index (χ2v) is 11.3. The second kappa shape index (κ2) is 7.63. The van der Waals surface area contributed by atoms with E-state index in [1.807, 2.05) is 0 Å². The lowest BCUT2D eigenvalue weighted by atomic mass is 9.52. The lowest BCUT2D eigenvalue weighted by Gasteiger charge is -2.52. The minimum Gasteiger partial charge on any atom is -0.379 e. The molecule has 1 N–H and O–H groups in total. The Morgan fingerprint density at radius 2 is 1.90 bits per heavy atom. The number of hydrogen-bond donors (Lipinski definition) is 1. The highest BCUT2D eigenvalue weighted by atomic mass is 16.5. The fourth-order valence-corrected chi connectivity index (χ4v) is 7.47. The van der Waals surface area contributed by atoms with Gasteiger partial charge in [0.1, 0.15) is 0 Å². The third-order valence-corrected chi connectivity index (χ3v) is 8.83. The van der Waals surface area contributed by atoms with E-state index in [0.29, 0.717) is 11.8 Å². The lowest BCUT2D eigenvalue weighted by Crippen LogP contribution is -2.58. The standard InChI is InChI=1S/C26H38N2O2.H2/c1-24(2,28-10-12-30-13-11-28)19-27-23(29)25-9-8-20-14-21(16-25)17-26(15-20,18-25)22-6-4-3-5-7-22;/h3-7,20-21H,8-19H2,1-2H3,(H,27,29);1H. The monoisotopic (exact) mass is 412 g/mol. The van der Waals surface area contributed by atoms with Crippen molar-refractivity contribution < 1.29 is 11.0 Å². The van der Waals surface area contributed by atoms with Gasteiger partial charge in [0, 0.05) is 26.6 Å². The quantitative estimate of drug-likeness (QED) is 0.780. The van der Waals surface area contributed by atoms with Crippen molar-refractivity contribution in [2.45, 2.75) is 69.7 Å². The van der Waals surface area contributed by atoms with Crippen molar-refractivity contribution in [2.24, 2.45) is 17.3 Å². The van der Waals surface area contributed by atoms with Crippen LogP contribution in [0.5, 0.6) is 0 Å². The Balaban J connectivity index is 0.00000231. The molecule has 1 aliphatic heterocycles. The minimum atomic E-state index is -0.175. The summed E-state index contributed by atoms with van der Waals surface area (Å²) < 4.78 is 5.52. The molecule has 4 aliphatic carbocycles. The summed E-state index contributed by atoms with van der Waals surface area (Å²) in [5, 5.41) is 3.45. The maximum absolute atomic E-state index is 13.8. The molecule has 5 fully saturated rings. The highest BCUT2D eigenvalue weighted by Gasteiger charge is 2.58. The first-order valence-electron chi connectivity index (χ1n) is 12.1. The van der Waals surface area contributed by atoms with Gasteiger partial charge >= 0.3 is 0 Å². The van der Waals surface area contributed by atoms with Gasteiger partial charge in [0.2, 0.25) is 5.91 Å². The van der Waals surface area contributed by atoms with Crippen LogP contribution in [0, 0.1) is 17.3 Å². The number of benzene rings is 1. The fraction of sp³-hybridized carbons (Fsp3) is 0.731. The summed E-state index contributed by atoms with van der Waals surface area (Å²) in [5.74, 6) is 1.83. The van der Waals surface area contributed by atoms with Crippen LogP contribution < -0.4 is 5.32 Å². The third-order valence-electron chi connectivity index (χ3n) is 8.83. The lowest BCUT2D eigenvalue weighted by molar-refractivity contribution is -0.137. The average molecular weight is 413 g/mol. The summed E-state index contributed by atoms with van der Waals surface area (Å²) in [6, 6.07) is 11.1. The number of fused-ring (bicyclic) bond motifs is 1. The van der Waals surface area contributed by atoms with Gasteiger partial charge in [-0.05, 0) is 81.6 Å². The first-order chi connectivity index (χ1) is 14.4. The van der Waals surface area contributed by atoms with E-state index in [0.717, 1.165) is 58.0 Å². The number of morpholine rings is 1. The molecular weight excluding hydrogens is 372 g/mol. The molecule has 5 aliphatic rings. The highest BCUT2D eigenvalue weighted by molar-refractivity contribution is 5.83. The molecular formula is C26H40N2O2. The molecule has 1 amide bonds. The summed E-state index contributed by atoms with van der Waals surface area (Å²) in [5.41, 5.74) is 1.48. The third kappa shape index (κ3) is 3.60. The predicted octanol–water partition coefficient (Wildman–Crippen LogP) is 4.39. The molecule has 4 heteroatoms. The van der Waals surface area contributed by atoms with Crippen molar-refractivity contribution in [1.29, 1.82) is 0 Å². The normalized spacial score (nSPS) is 36.5. The number of ether oxygens (including phenoxy) is 1. The summed E-state index contributed by atoms with van der Waals surface area (Å²) in [7, 11) is 0. The maximum Gasteiger partial charge on any atom is 0.226 e. The van der Waals surface area contributed by atoms with Gasteiger partial charge in [-0.15, -0.1) is 0 Å². The molecule has 4 unspecified atom stereocenters. The molecule has 30 heavy (non-hydrogen) atoms. The molecule has 4 nitrogen and oxygen atoms in total. The summed E-state index contributed by atoms with van der Waals surface area (Å²) >= 11 is 0. The molecule has 4 saturated carbocycles. The number of nitrogens with one attached hydrogen (secondary N) is 1. The summed E-state index contributed by atoms with van der Waals surface area (Å²) in [4.78, 5) is 16.3. The van der Waals surface area contributed by atoms with Crippen LogP contribution in [0.2, 0.25) is 0 Å². The molecule has 1 heterocycles. The van der Waals surface area contributed by atoms with Gasteiger partial charge in [0.25, 0.3) is 0 Å². The number of carbonyl (C=O) groups excluding carboxylic acids is 1. The fourth-order valence-electron chi connectivity index (χ4n) is 7.47. The van der Waals surface area contributed by atoms with E-state index in [1.165, 1.54) is 31.2 Å². The Morgan fingerprint density at radius 1 is 1.17 bits per heavy atom. The van der Waals surface area contributed by atoms with E-state index in [9.17, 15) is 4.79 Å². The van der Waals surface area contributed by atoms with Crippen molar-refractivity contribution in [2.75, 3.05) is 32.8 Å². The molecule has 1 aromatic carbocycles. The first kappa shape index (κ1) is 20.5. The van der Waals surface area contributed by atoms with Gasteiger partial charge in [0.05, 0.1) is 18.6 Å². The Hall–Kier alpha value is -1.39. The van der Waals surface area contributed by atoms with Crippen LogP contribution in [0.25, 0.3) is 0 Å². The van der Waals surface area contributed by atoms with Gasteiger partial charge in [-0.25, -0.2) is 0 Å². The summed E-state index contributed by atoms with van der Waals surface area (Å²) in [6.07, 6.45) is 8.34. The van der Waals surface area contributed by atoms with Crippen LogP contribution in [0.4, 0.5) is 0 Å². The Kier molecular flexibility index (Phi) is 5.22. The Morgan fingerprint density at radius 3 is 2.67 bits per heavy atom. The zero-order valence-corrected chi connectivity index (χ0v) is 18.8. The Labute approximate surface area is 183 Å². The molecule has 4 atom stereocenters. The van der Waals surface area contributed by atoms with Gasteiger partial charge in [-0.3, -0.25) is 9.69 Å². The van der Waals surface area contributed by atoms with Crippen LogP contribution in [-0.4, -0.2) is 49.2 Å². The molecule has 4 bridgehead atoms. The van der Waals surface area contributed by atoms with Gasteiger partial charge < -0.3 is 10.1 Å². The molecule has 0 spiro atoms. The maximum atomic E-state index is 13.8. The minimum absolute atomic E-state index is 0. The Bertz CT molecular complexity index is 779. The molecule has 0 aromatic heterocycles. The molecule has 166 valence electrons. The van der Waals surface area contributed by atoms with E-state index in [4.69, 9.17) is 4.74 Å². The van der Waals surface area contributed by atoms with Gasteiger partial charge in [-0.1, -0.05) is 30.3 Å². The van der Waals surface area contributed by atoms with E-state index >= 15 is 0 Å². The van der Waals surface area contributed by atoms with Gasteiger partial charge in [-0.2, -0.15) is 0 Å². The first-order valence-corrected chi connectivity index (χ1v) is 12.1. The van der Waals surface area contributed by atoms with E-state index in [1.54, 1.807) is 0 Å². The van der Waals surface area contributed by atoms with Crippen molar-refractivity contribution >= 4 is 5.91 Å². The molecule has 1 saturated heterocycles. The zero-order valence-electron chi connectivity index (χ0n) is 18.8. The summed E-state index contributed by atoms with van der Waals surface area (Å²) in [6.45, 7) is 8.74. The SMILES string of the molecule is CC(C)(CNC(=O)C12CCC3CC(C1)CC(c1ccccc1)(C3)C2)N1CCOCC1.[HH]. The molecule has 6 rings (SSSR count). The van der Waals surface area contributed by atoms with Crippen LogP contribution in [-0.2, 0) is 14.9 Å². The topological polar surface area (TPSA) is 41.6 Å². The van der Waals surface area contributed by atoms with Crippen LogP contribution in [0.1, 0.15) is 65.8 Å². The van der Waals surface area contributed by atoms with Crippen molar-refractivity contribution in [1.82, 2.24) is 10.2 Å². The number of rotatable bonds is 5. The van der Waals surface area contributed by atoms with Crippen LogP contribution in [0.3, 0.4) is 0 Å². The van der Waals surface area contributed by atoms with Gasteiger partial charge in [0.15, 0.2) is 0 Å². The number of hydrogen-bond acceptors (Lipinski definition) is 3. The van der Waals surface area contributed by atoms with E-state index in [-0.39, 0.29) is 17.8 Å². The average Bonchev–Trinajstić information content (AvgIpc) is 2.97. The predicted molar refractivity (Wildman–Crippen MR) is 121 cm³/mol. The zero-order chi connectivity index (χ0) is 20.8. The second-order valence-electron chi connectivity index (χ2n) is 11.3. The van der Waals surface area contributed by atoms with Crippen molar-refractivity contribution in [3.05, 3.63) is 35.9 Å². The molecule has 1 aromatic rings. The largest absolute Gasteiger partial charge is 0.379 e. The number of carbonyl (C=O) groups is 1. The number of nitrogens with zero attached hydrogens (tertiary/aromatic N) is 1.